The van der Waals surface area contributed by atoms with Gasteiger partial charge in [-0.1, -0.05) is 89.7 Å². The quantitative estimate of drug-likeness (QED) is 0.210. The molecule has 0 bridgehead atoms. The van der Waals surface area contributed by atoms with E-state index in [9.17, 15) is 0 Å². The van der Waals surface area contributed by atoms with Gasteiger partial charge in [-0.15, -0.1) is 0 Å². The molecule has 0 fully saturated rings. The molecule has 0 aliphatic rings. The number of hydrogen-bond donors (Lipinski definition) is 2. The predicted molar refractivity (Wildman–Crippen MR) is 99.9 cm³/mol. The normalized spacial score (nSPS) is 10.9. The van der Waals surface area contributed by atoms with Crippen LogP contribution in [0.25, 0.3) is 0 Å². The average molecular weight is 327 g/mol. The first kappa shape index (κ1) is 24.0. The lowest BCUT2D eigenvalue weighted by Crippen LogP contribution is -1.82. The molecule has 0 spiro atoms. The highest BCUT2D eigenvalue weighted by atomic mass is 16.4. The van der Waals surface area contributed by atoms with E-state index in [1.54, 1.807) is 6.08 Å². The molecule has 0 aliphatic carbocycles. The summed E-state index contributed by atoms with van der Waals surface area (Å²) in [4.78, 5) is 9.00. The third-order valence-corrected chi connectivity index (χ3v) is 3.56. The van der Waals surface area contributed by atoms with Crippen LogP contribution in [0.4, 0.5) is 0 Å². The molecule has 0 rings (SSSR count). The van der Waals surface area contributed by atoms with Crippen LogP contribution in [0.2, 0.25) is 0 Å². The van der Waals surface area contributed by atoms with Gasteiger partial charge < -0.3 is 10.2 Å². The molecule has 0 atom stereocenters. The second-order valence-corrected chi connectivity index (χ2v) is 5.97. The Morgan fingerprint density at radius 2 is 1.17 bits per heavy atom. The highest BCUT2D eigenvalue weighted by Gasteiger charge is 1.92. The first-order valence-electron chi connectivity index (χ1n) is 9.30. The van der Waals surface area contributed by atoms with Crippen molar-refractivity contribution in [3.05, 3.63) is 24.5 Å². The largest absolute Gasteiger partial charge is 0.516 e. The van der Waals surface area contributed by atoms with E-state index in [0.29, 0.717) is 0 Å². The van der Waals surface area contributed by atoms with Gasteiger partial charge in [0.1, 0.15) is 0 Å². The molecular formula is C20H38O3. The minimum absolute atomic E-state index is 0.833. The molecule has 0 unspecified atom stereocenters. The minimum Gasteiger partial charge on any atom is -0.516 e. The monoisotopic (exact) mass is 326 g/mol. The van der Waals surface area contributed by atoms with Gasteiger partial charge in [0.15, 0.2) is 0 Å². The second kappa shape index (κ2) is 23.0. The summed E-state index contributed by atoms with van der Waals surface area (Å²) in [6.07, 6.45) is 24.8. The number of carboxylic acid groups (broad SMARTS) is 1. The van der Waals surface area contributed by atoms with Crippen molar-refractivity contribution in [2.45, 2.75) is 97.3 Å². The lowest BCUT2D eigenvalue weighted by molar-refractivity contribution is -0.134. The van der Waals surface area contributed by atoms with Crippen LogP contribution in [0.15, 0.2) is 24.5 Å². The first-order chi connectivity index (χ1) is 11.1. The zero-order valence-corrected chi connectivity index (χ0v) is 15.3. The van der Waals surface area contributed by atoms with Crippen LogP contribution in [0.5, 0.6) is 0 Å². The van der Waals surface area contributed by atoms with E-state index in [1.165, 1.54) is 77.0 Å². The zero-order chi connectivity index (χ0) is 17.6. The molecule has 23 heavy (non-hydrogen) atoms. The molecule has 0 amide bonds. The summed E-state index contributed by atoms with van der Waals surface area (Å²) in [7, 11) is 0. The number of carboxylic acids is 1. The maximum atomic E-state index is 9.00. The Balaban J connectivity index is 0. The van der Waals surface area contributed by atoms with Crippen LogP contribution < -0.4 is 0 Å². The van der Waals surface area contributed by atoms with Crippen molar-refractivity contribution in [2.75, 3.05) is 0 Å². The zero-order valence-electron chi connectivity index (χ0n) is 15.3. The van der Waals surface area contributed by atoms with Crippen molar-refractivity contribution in [3.8, 4) is 0 Å². The predicted octanol–water partition coefficient (Wildman–Crippen LogP) is 6.80. The van der Waals surface area contributed by atoms with Gasteiger partial charge in [0, 0.05) is 6.92 Å². The molecule has 3 nitrogen and oxygen atoms in total. The molecule has 0 aliphatic heterocycles. The van der Waals surface area contributed by atoms with Gasteiger partial charge in [0.25, 0.3) is 5.97 Å². The summed E-state index contributed by atoms with van der Waals surface area (Å²) in [5.41, 5.74) is 0. The third kappa shape index (κ3) is 33.5. The lowest BCUT2D eigenvalue weighted by Gasteiger charge is -2.02. The number of carbonyl (C=O) groups is 1. The number of aliphatic carboxylic acids is 1. The third-order valence-electron chi connectivity index (χ3n) is 3.56. The van der Waals surface area contributed by atoms with Gasteiger partial charge in [-0.3, -0.25) is 4.79 Å². The molecule has 2 N–H and O–H groups in total. The number of aliphatic hydroxyl groups is 1. The van der Waals surface area contributed by atoms with Crippen molar-refractivity contribution < 1.29 is 15.0 Å². The molecule has 0 saturated carbocycles. The minimum atomic E-state index is -0.833. The molecule has 0 saturated heterocycles. The number of aliphatic hydroxyl groups excluding tert-OH is 1. The summed E-state index contributed by atoms with van der Waals surface area (Å²) in [5, 5.41) is 15.9. The Labute approximate surface area is 143 Å². The summed E-state index contributed by atoms with van der Waals surface area (Å²) in [6, 6.07) is 0. The van der Waals surface area contributed by atoms with Gasteiger partial charge in [-0.25, -0.2) is 0 Å². The second-order valence-electron chi connectivity index (χ2n) is 5.97. The van der Waals surface area contributed by atoms with Crippen LogP contribution in [0.1, 0.15) is 97.3 Å². The number of unbranched alkanes of at least 4 members (excludes halogenated alkanes) is 12. The standard InChI is InChI=1S/C18H34O.C2H4O2/c1-2-3-4-5-6-7-8-9-10-11-12-13-14-15-16-17-18-19;1-2(3)4/h15-19H,2-14H2,1H3;1H3,(H,3,4). The topological polar surface area (TPSA) is 57.5 Å². The van der Waals surface area contributed by atoms with E-state index >= 15 is 0 Å². The Bertz CT molecular complexity index is 279. The maximum Gasteiger partial charge on any atom is 0.300 e. The van der Waals surface area contributed by atoms with Gasteiger partial charge >= 0.3 is 0 Å². The highest BCUT2D eigenvalue weighted by Crippen LogP contribution is 2.12. The van der Waals surface area contributed by atoms with E-state index in [0.717, 1.165) is 19.6 Å². The van der Waals surface area contributed by atoms with E-state index in [2.05, 4.69) is 13.0 Å². The average Bonchev–Trinajstić information content (AvgIpc) is 2.50. The molecule has 0 heterocycles. The fraction of sp³-hybridized carbons (Fsp3) is 0.750. The van der Waals surface area contributed by atoms with E-state index < -0.39 is 5.97 Å². The van der Waals surface area contributed by atoms with Crippen LogP contribution in [-0.2, 0) is 4.79 Å². The number of hydrogen-bond acceptors (Lipinski definition) is 2. The lowest BCUT2D eigenvalue weighted by atomic mass is 10.0. The van der Waals surface area contributed by atoms with Crippen LogP contribution >= 0.6 is 0 Å². The fourth-order valence-electron chi connectivity index (χ4n) is 2.33. The van der Waals surface area contributed by atoms with Crippen molar-refractivity contribution in [1.29, 1.82) is 0 Å². The molecule has 136 valence electrons. The summed E-state index contributed by atoms with van der Waals surface area (Å²) >= 11 is 0. The van der Waals surface area contributed by atoms with Crippen molar-refractivity contribution in [1.82, 2.24) is 0 Å². The van der Waals surface area contributed by atoms with Crippen molar-refractivity contribution in [3.63, 3.8) is 0 Å². The summed E-state index contributed by atoms with van der Waals surface area (Å²) in [5.74, 6) is -0.833. The molecule has 0 aromatic carbocycles. The maximum absolute atomic E-state index is 9.00. The SMILES string of the molecule is CC(=O)O.CCCCCCCCCCCCCCC=CC=CO. The van der Waals surface area contributed by atoms with Crippen molar-refractivity contribution >= 4 is 5.97 Å². The Morgan fingerprint density at radius 3 is 1.57 bits per heavy atom. The molecule has 3 heteroatoms. The van der Waals surface area contributed by atoms with Gasteiger partial charge in [-0.05, 0) is 18.9 Å². The highest BCUT2D eigenvalue weighted by molar-refractivity contribution is 5.62. The van der Waals surface area contributed by atoms with Crippen LogP contribution in [0.3, 0.4) is 0 Å². The van der Waals surface area contributed by atoms with E-state index in [4.69, 9.17) is 15.0 Å². The molecule has 0 aromatic rings. The van der Waals surface area contributed by atoms with Gasteiger partial charge in [-0.2, -0.15) is 0 Å². The van der Waals surface area contributed by atoms with Crippen molar-refractivity contribution in [2.24, 2.45) is 0 Å². The molecule has 0 radical (unpaired) electrons. The Hall–Kier alpha value is -1.25. The fourth-order valence-corrected chi connectivity index (χ4v) is 2.33. The number of allylic oxidation sites excluding steroid dienone is 3. The Morgan fingerprint density at radius 1 is 0.783 bits per heavy atom. The van der Waals surface area contributed by atoms with E-state index in [-0.39, 0.29) is 0 Å². The van der Waals surface area contributed by atoms with Crippen LogP contribution in [0, 0.1) is 0 Å². The summed E-state index contributed by atoms with van der Waals surface area (Å²) in [6.45, 7) is 3.36. The van der Waals surface area contributed by atoms with Crippen LogP contribution in [-0.4, -0.2) is 16.2 Å². The Kier molecular flexibility index (Phi) is 24.0. The summed E-state index contributed by atoms with van der Waals surface area (Å²) < 4.78 is 0. The number of rotatable bonds is 14. The van der Waals surface area contributed by atoms with Gasteiger partial charge in [0.05, 0.1) is 6.26 Å². The first-order valence-corrected chi connectivity index (χ1v) is 9.30. The van der Waals surface area contributed by atoms with E-state index in [1.807, 2.05) is 6.08 Å². The molecular weight excluding hydrogens is 288 g/mol. The molecule has 0 aromatic heterocycles. The smallest absolute Gasteiger partial charge is 0.300 e. The van der Waals surface area contributed by atoms with Gasteiger partial charge in [0.2, 0.25) is 0 Å².